The number of aromatic amines is 1. The van der Waals surface area contributed by atoms with E-state index in [1.807, 2.05) is 6.92 Å². The molecule has 0 radical (unpaired) electrons. The average molecular weight is 288 g/mol. The largest absolute Gasteiger partial charge is 0.389 e. The van der Waals surface area contributed by atoms with Crippen LogP contribution in [0.5, 0.6) is 0 Å². The SMILES string of the molecule is Cc1cc(C)c2[nH]c(C)c(CC(=O)N3C[C@H](O)CO3)c2c1. The van der Waals surface area contributed by atoms with Gasteiger partial charge < -0.3 is 10.1 Å². The van der Waals surface area contributed by atoms with Gasteiger partial charge in [-0.15, -0.1) is 0 Å². The minimum Gasteiger partial charge on any atom is -0.389 e. The number of aliphatic hydroxyl groups excluding tert-OH is 1. The first-order chi connectivity index (χ1) is 9.95. The Labute approximate surface area is 123 Å². The Balaban J connectivity index is 1.93. The van der Waals surface area contributed by atoms with E-state index in [-0.39, 0.29) is 25.5 Å². The Morgan fingerprint density at radius 1 is 1.43 bits per heavy atom. The lowest BCUT2D eigenvalue weighted by Crippen LogP contribution is -2.29. The highest BCUT2D eigenvalue weighted by Crippen LogP contribution is 2.27. The number of carbonyl (C=O) groups excluding carboxylic acids is 1. The summed E-state index contributed by atoms with van der Waals surface area (Å²) in [6.45, 7) is 6.54. The summed E-state index contributed by atoms with van der Waals surface area (Å²) in [7, 11) is 0. The zero-order chi connectivity index (χ0) is 15.1. The molecule has 2 N–H and O–H groups in total. The van der Waals surface area contributed by atoms with Crippen molar-refractivity contribution in [2.45, 2.75) is 33.3 Å². The molecule has 1 atom stereocenters. The molecule has 0 spiro atoms. The van der Waals surface area contributed by atoms with Crippen molar-refractivity contribution < 1.29 is 14.7 Å². The molecule has 3 rings (SSSR count). The molecule has 112 valence electrons. The Kier molecular flexibility index (Phi) is 3.47. The van der Waals surface area contributed by atoms with E-state index >= 15 is 0 Å². The maximum Gasteiger partial charge on any atom is 0.250 e. The van der Waals surface area contributed by atoms with Gasteiger partial charge in [-0.3, -0.25) is 9.63 Å². The third kappa shape index (κ3) is 2.54. The van der Waals surface area contributed by atoms with Gasteiger partial charge in [-0.25, -0.2) is 5.06 Å². The lowest BCUT2D eigenvalue weighted by atomic mass is 10.0. The van der Waals surface area contributed by atoms with Gasteiger partial charge in [-0.1, -0.05) is 11.6 Å². The van der Waals surface area contributed by atoms with Gasteiger partial charge in [0.15, 0.2) is 0 Å². The first-order valence-electron chi connectivity index (χ1n) is 7.15. The highest BCUT2D eigenvalue weighted by atomic mass is 16.7. The second-order valence-corrected chi connectivity index (χ2v) is 5.81. The third-order valence-electron chi connectivity index (χ3n) is 3.98. The number of hydroxylamine groups is 2. The summed E-state index contributed by atoms with van der Waals surface area (Å²) in [6, 6.07) is 4.23. The number of β-amino-alcohol motifs (C(OH)–C–C–N with tert-alkyl or cyclic N) is 1. The molecule has 2 heterocycles. The minimum atomic E-state index is -0.581. The van der Waals surface area contributed by atoms with E-state index in [4.69, 9.17) is 4.84 Å². The topological polar surface area (TPSA) is 65.6 Å². The number of aromatic nitrogens is 1. The van der Waals surface area contributed by atoms with Gasteiger partial charge in [0.1, 0.15) is 6.61 Å². The number of nitrogens with one attached hydrogen (secondary N) is 1. The molecule has 0 saturated carbocycles. The van der Waals surface area contributed by atoms with Crippen LogP contribution >= 0.6 is 0 Å². The molecule has 1 aromatic heterocycles. The molecule has 5 heteroatoms. The van der Waals surface area contributed by atoms with Gasteiger partial charge in [0, 0.05) is 16.6 Å². The van der Waals surface area contributed by atoms with E-state index in [0.29, 0.717) is 0 Å². The third-order valence-corrected chi connectivity index (χ3v) is 3.98. The number of aryl methyl sites for hydroxylation is 3. The summed E-state index contributed by atoms with van der Waals surface area (Å²) in [4.78, 5) is 20.9. The Bertz CT molecular complexity index is 705. The highest BCUT2D eigenvalue weighted by Gasteiger charge is 2.27. The summed E-state index contributed by atoms with van der Waals surface area (Å²) in [6.07, 6.45) is -0.302. The van der Waals surface area contributed by atoms with Crippen LogP contribution in [0.25, 0.3) is 10.9 Å². The number of amides is 1. The van der Waals surface area contributed by atoms with Crippen molar-refractivity contribution in [2.75, 3.05) is 13.2 Å². The molecule has 1 saturated heterocycles. The van der Waals surface area contributed by atoms with Crippen molar-refractivity contribution in [3.8, 4) is 0 Å². The fourth-order valence-electron chi connectivity index (χ4n) is 2.95. The molecule has 5 nitrogen and oxygen atoms in total. The number of H-pyrrole nitrogens is 1. The molecule has 0 bridgehead atoms. The van der Waals surface area contributed by atoms with Crippen LogP contribution in [0.2, 0.25) is 0 Å². The van der Waals surface area contributed by atoms with Crippen molar-refractivity contribution in [3.05, 3.63) is 34.5 Å². The van der Waals surface area contributed by atoms with Crippen LogP contribution in [-0.4, -0.2) is 40.3 Å². The van der Waals surface area contributed by atoms with Crippen LogP contribution < -0.4 is 0 Å². The smallest absolute Gasteiger partial charge is 0.250 e. The second kappa shape index (κ2) is 5.16. The van der Waals surface area contributed by atoms with Gasteiger partial charge in [0.2, 0.25) is 0 Å². The predicted molar refractivity (Wildman–Crippen MR) is 79.9 cm³/mol. The van der Waals surface area contributed by atoms with E-state index in [1.165, 1.54) is 16.2 Å². The molecule has 2 aromatic rings. The molecule has 21 heavy (non-hydrogen) atoms. The predicted octanol–water partition coefficient (Wildman–Crippen LogP) is 1.77. The maximum atomic E-state index is 12.3. The van der Waals surface area contributed by atoms with Crippen molar-refractivity contribution >= 4 is 16.8 Å². The van der Waals surface area contributed by atoms with Crippen molar-refractivity contribution in [2.24, 2.45) is 0 Å². The highest BCUT2D eigenvalue weighted by molar-refractivity contribution is 5.92. The number of aliphatic hydroxyl groups is 1. The number of fused-ring (bicyclic) bond motifs is 1. The lowest BCUT2D eigenvalue weighted by molar-refractivity contribution is -0.167. The normalized spacial score (nSPS) is 18.7. The molecular formula is C16H20N2O3. The monoisotopic (exact) mass is 288 g/mol. The molecule has 0 unspecified atom stereocenters. The van der Waals surface area contributed by atoms with Crippen LogP contribution in [-0.2, 0) is 16.1 Å². The quantitative estimate of drug-likeness (QED) is 0.885. The molecule has 1 amide bonds. The molecule has 1 aliphatic heterocycles. The van der Waals surface area contributed by atoms with Gasteiger partial charge in [-0.05, 0) is 38.0 Å². The maximum absolute atomic E-state index is 12.3. The fraction of sp³-hybridized carbons (Fsp3) is 0.438. The van der Waals surface area contributed by atoms with Crippen LogP contribution in [0, 0.1) is 20.8 Å². The summed E-state index contributed by atoms with van der Waals surface area (Å²) in [5, 5.41) is 11.8. The number of rotatable bonds is 2. The fourth-order valence-corrected chi connectivity index (χ4v) is 2.95. The zero-order valence-corrected chi connectivity index (χ0v) is 12.6. The Morgan fingerprint density at radius 2 is 2.19 bits per heavy atom. The number of carbonyl (C=O) groups is 1. The molecule has 0 aliphatic carbocycles. The van der Waals surface area contributed by atoms with Crippen molar-refractivity contribution in [3.63, 3.8) is 0 Å². The van der Waals surface area contributed by atoms with Crippen LogP contribution in [0.3, 0.4) is 0 Å². The average Bonchev–Trinajstić information content (AvgIpc) is 2.96. The standard InChI is InChI=1S/C16H20N2O3/c1-9-4-10(2)16-14(5-9)13(11(3)17-16)6-15(20)18-7-12(19)8-21-18/h4-5,12,17,19H,6-8H2,1-3H3/t12-/m0/s1. The number of nitrogens with zero attached hydrogens (tertiary/aromatic N) is 1. The van der Waals surface area contributed by atoms with Crippen molar-refractivity contribution in [1.29, 1.82) is 0 Å². The van der Waals surface area contributed by atoms with Crippen molar-refractivity contribution in [1.82, 2.24) is 10.0 Å². The van der Waals surface area contributed by atoms with E-state index < -0.39 is 6.10 Å². The van der Waals surface area contributed by atoms with E-state index in [0.717, 1.165) is 22.2 Å². The number of hydrogen-bond acceptors (Lipinski definition) is 3. The Morgan fingerprint density at radius 3 is 2.86 bits per heavy atom. The zero-order valence-electron chi connectivity index (χ0n) is 12.6. The van der Waals surface area contributed by atoms with Crippen LogP contribution in [0.15, 0.2) is 12.1 Å². The van der Waals surface area contributed by atoms with E-state index in [2.05, 4.69) is 31.0 Å². The van der Waals surface area contributed by atoms with Crippen LogP contribution in [0.4, 0.5) is 0 Å². The first-order valence-corrected chi connectivity index (χ1v) is 7.15. The van der Waals surface area contributed by atoms with Crippen LogP contribution in [0.1, 0.15) is 22.4 Å². The van der Waals surface area contributed by atoms with E-state index in [1.54, 1.807) is 0 Å². The Hall–Kier alpha value is -1.85. The van der Waals surface area contributed by atoms with Gasteiger partial charge in [-0.2, -0.15) is 0 Å². The first kappa shape index (κ1) is 14.1. The number of benzene rings is 1. The molecule has 1 fully saturated rings. The van der Waals surface area contributed by atoms with Gasteiger partial charge in [0.25, 0.3) is 5.91 Å². The molecule has 1 aliphatic rings. The number of hydrogen-bond donors (Lipinski definition) is 2. The summed E-state index contributed by atoms with van der Waals surface area (Å²) >= 11 is 0. The van der Waals surface area contributed by atoms with Gasteiger partial charge >= 0.3 is 0 Å². The second-order valence-electron chi connectivity index (χ2n) is 5.81. The molecular weight excluding hydrogens is 268 g/mol. The molecule has 1 aromatic carbocycles. The van der Waals surface area contributed by atoms with E-state index in [9.17, 15) is 9.90 Å². The lowest BCUT2D eigenvalue weighted by Gasteiger charge is -2.13. The summed E-state index contributed by atoms with van der Waals surface area (Å²) in [5.41, 5.74) is 5.46. The summed E-state index contributed by atoms with van der Waals surface area (Å²) < 4.78 is 0. The summed E-state index contributed by atoms with van der Waals surface area (Å²) in [5.74, 6) is -0.116. The van der Waals surface area contributed by atoms with Gasteiger partial charge in [0.05, 0.1) is 19.1 Å². The minimum absolute atomic E-state index is 0.116.